The first kappa shape index (κ1) is 15.3. The maximum atomic E-state index is 12.8. The molecule has 122 valence electrons. The van der Waals surface area contributed by atoms with E-state index in [1.165, 1.54) is 0 Å². The monoisotopic (exact) mass is 327 g/mol. The molecule has 0 aliphatic heterocycles. The zero-order valence-electron chi connectivity index (χ0n) is 13.9. The summed E-state index contributed by atoms with van der Waals surface area (Å²) in [5.74, 6) is -0.0911. The van der Waals surface area contributed by atoms with Crippen molar-refractivity contribution < 1.29 is 4.79 Å². The number of benzene rings is 2. The van der Waals surface area contributed by atoms with Gasteiger partial charge in [-0.1, -0.05) is 42.5 Å². The molecule has 0 fully saturated rings. The number of nitrogens with zero attached hydrogens (tertiary/aromatic N) is 3. The van der Waals surface area contributed by atoms with Crippen LogP contribution in [0.3, 0.4) is 0 Å². The second-order valence-electron chi connectivity index (χ2n) is 6.04. The summed E-state index contributed by atoms with van der Waals surface area (Å²) in [6.45, 7) is 0.510. The number of fused-ring (bicyclic) bond motifs is 2. The lowest BCUT2D eigenvalue weighted by Crippen LogP contribution is -2.27. The lowest BCUT2D eigenvalue weighted by molar-refractivity contribution is 0.0780. The van der Waals surface area contributed by atoms with Crippen LogP contribution in [0.4, 0.5) is 0 Å². The lowest BCUT2D eigenvalue weighted by atomic mass is 10.1. The normalized spacial score (nSPS) is 10.9. The van der Waals surface area contributed by atoms with Crippen molar-refractivity contribution in [2.75, 3.05) is 7.05 Å². The molecule has 2 aromatic heterocycles. The van der Waals surface area contributed by atoms with Gasteiger partial charge in [-0.2, -0.15) is 0 Å². The lowest BCUT2D eigenvalue weighted by Gasteiger charge is -2.18. The van der Waals surface area contributed by atoms with Gasteiger partial charge in [0.15, 0.2) is 0 Å². The zero-order valence-corrected chi connectivity index (χ0v) is 13.9. The zero-order chi connectivity index (χ0) is 17.2. The van der Waals surface area contributed by atoms with Crippen molar-refractivity contribution in [1.82, 2.24) is 14.9 Å². The third-order valence-corrected chi connectivity index (χ3v) is 4.31. The maximum absolute atomic E-state index is 12.8. The first-order chi connectivity index (χ1) is 12.2. The maximum Gasteiger partial charge on any atom is 0.272 e. The van der Waals surface area contributed by atoms with E-state index in [0.29, 0.717) is 12.2 Å². The summed E-state index contributed by atoms with van der Waals surface area (Å²) in [6, 6.07) is 21.4. The molecule has 1 amide bonds. The molecule has 0 aliphatic rings. The first-order valence-corrected chi connectivity index (χ1v) is 8.16. The second-order valence-corrected chi connectivity index (χ2v) is 6.04. The van der Waals surface area contributed by atoms with Crippen molar-refractivity contribution in [3.8, 4) is 0 Å². The molecule has 2 aromatic carbocycles. The molecule has 0 bridgehead atoms. The van der Waals surface area contributed by atoms with Crippen molar-refractivity contribution in [2.45, 2.75) is 6.54 Å². The van der Waals surface area contributed by atoms with Crippen molar-refractivity contribution in [1.29, 1.82) is 0 Å². The summed E-state index contributed by atoms with van der Waals surface area (Å²) >= 11 is 0. The molecule has 4 rings (SSSR count). The van der Waals surface area contributed by atoms with Gasteiger partial charge >= 0.3 is 0 Å². The van der Waals surface area contributed by atoms with Gasteiger partial charge in [0.05, 0.1) is 11.0 Å². The molecule has 0 spiro atoms. The molecule has 0 saturated carbocycles. The molecule has 4 nitrogen and oxygen atoms in total. The SMILES string of the molecule is CN(Cc1ccnc2ccccc12)C(=O)c1ccc2ccccc2n1. The summed E-state index contributed by atoms with van der Waals surface area (Å²) in [6.07, 6.45) is 1.78. The van der Waals surface area contributed by atoms with Gasteiger partial charge < -0.3 is 4.90 Å². The van der Waals surface area contributed by atoms with Gasteiger partial charge in [0.1, 0.15) is 5.69 Å². The molecule has 0 atom stereocenters. The number of amides is 1. The predicted octanol–water partition coefficient (Wildman–Crippen LogP) is 4.06. The van der Waals surface area contributed by atoms with Gasteiger partial charge in [-0.15, -0.1) is 0 Å². The number of carbonyl (C=O) groups is 1. The number of aromatic nitrogens is 2. The van der Waals surface area contributed by atoms with E-state index >= 15 is 0 Å². The Kier molecular flexibility index (Phi) is 3.86. The summed E-state index contributed by atoms with van der Waals surface area (Å²) < 4.78 is 0. The van der Waals surface area contributed by atoms with E-state index < -0.39 is 0 Å². The fourth-order valence-electron chi connectivity index (χ4n) is 3.00. The molecular formula is C21H17N3O. The highest BCUT2D eigenvalue weighted by atomic mass is 16.2. The fourth-order valence-corrected chi connectivity index (χ4v) is 3.00. The van der Waals surface area contributed by atoms with Crippen molar-refractivity contribution in [3.05, 3.63) is 84.2 Å². The van der Waals surface area contributed by atoms with Crippen LogP contribution < -0.4 is 0 Å². The second kappa shape index (κ2) is 6.32. The first-order valence-electron chi connectivity index (χ1n) is 8.16. The molecule has 0 radical (unpaired) electrons. The van der Waals surface area contributed by atoms with Gasteiger partial charge in [0.25, 0.3) is 5.91 Å². The number of para-hydroxylation sites is 2. The van der Waals surface area contributed by atoms with E-state index in [2.05, 4.69) is 9.97 Å². The van der Waals surface area contributed by atoms with E-state index in [1.807, 2.05) is 60.7 Å². The highest BCUT2D eigenvalue weighted by Gasteiger charge is 2.15. The molecule has 2 heterocycles. The van der Waals surface area contributed by atoms with Crippen molar-refractivity contribution in [2.24, 2.45) is 0 Å². The fraction of sp³-hybridized carbons (Fsp3) is 0.0952. The van der Waals surface area contributed by atoms with Crippen LogP contribution in [-0.4, -0.2) is 27.8 Å². The summed E-state index contributed by atoms with van der Waals surface area (Å²) in [4.78, 5) is 23.3. The van der Waals surface area contributed by atoms with Crippen LogP contribution in [0.25, 0.3) is 21.8 Å². The van der Waals surface area contributed by atoms with Crippen molar-refractivity contribution in [3.63, 3.8) is 0 Å². The number of rotatable bonds is 3. The molecule has 4 heteroatoms. The molecule has 0 unspecified atom stereocenters. The topological polar surface area (TPSA) is 46.1 Å². The van der Waals surface area contributed by atoms with Crippen LogP contribution in [0.15, 0.2) is 72.9 Å². The quantitative estimate of drug-likeness (QED) is 0.570. The number of carbonyl (C=O) groups excluding carboxylic acids is 1. The van der Waals surface area contributed by atoms with Gasteiger partial charge in [-0.05, 0) is 29.8 Å². The van der Waals surface area contributed by atoms with E-state index in [9.17, 15) is 4.79 Å². The van der Waals surface area contributed by atoms with E-state index in [1.54, 1.807) is 24.2 Å². The van der Waals surface area contributed by atoms with E-state index in [0.717, 1.165) is 27.4 Å². The summed E-state index contributed by atoms with van der Waals surface area (Å²) in [5, 5.41) is 2.10. The Morgan fingerprint density at radius 2 is 1.68 bits per heavy atom. The summed E-state index contributed by atoms with van der Waals surface area (Å²) in [7, 11) is 1.80. The van der Waals surface area contributed by atoms with Gasteiger partial charge in [0, 0.05) is 30.6 Å². The van der Waals surface area contributed by atoms with E-state index in [4.69, 9.17) is 0 Å². The van der Waals surface area contributed by atoms with Crippen LogP contribution in [0.2, 0.25) is 0 Å². The van der Waals surface area contributed by atoms with Gasteiger partial charge in [-0.25, -0.2) is 4.98 Å². The van der Waals surface area contributed by atoms with Crippen LogP contribution in [-0.2, 0) is 6.54 Å². The Morgan fingerprint density at radius 1 is 0.920 bits per heavy atom. The van der Waals surface area contributed by atoms with Crippen molar-refractivity contribution >= 4 is 27.7 Å². The van der Waals surface area contributed by atoms with Gasteiger partial charge in [-0.3, -0.25) is 9.78 Å². The van der Waals surface area contributed by atoms with E-state index in [-0.39, 0.29) is 5.91 Å². The minimum absolute atomic E-state index is 0.0911. The smallest absolute Gasteiger partial charge is 0.272 e. The number of pyridine rings is 2. The summed E-state index contributed by atoms with van der Waals surface area (Å²) in [5.41, 5.74) is 3.29. The molecule has 4 aromatic rings. The average molecular weight is 327 g/mol. The minimum Gasteiger partial charge on any atom is -0.336 e. The van der Waals surface area contributed by atoms with Crippen LogP contribution in [0.5, 0.6) is 0 Å². The predicted molar refractivity (Wildman–Crippen MR) is 99.3 cm³/mol. The Bertz CT molecular complexity index is 1070. The molecule has 25 heavy (non-hydrogen) atoms. The largest absolute Gasteiger partial charge is 0.336 e. The highest BCUT2D eigenvalue weighted by molar-refractivity contribution is 5.95. The third kappa shape index (κ3) is 2.94. The minimum atomic E-state index is -0.0911. The highest BCUT2D eigenvalue weighted by Crippen LogP contribution is 2.19. The van der Waals surface area contributed by atoms with Crippen LogP contribution in [0.1, 0.15) is 16.1 Å². The average Bonchev–Trinajstić information content (AvgIpc) is 2.67. The molecule has 0 saturated heterocycles. The number of hydrogen-bond donors (Lipinski definition) is 0. The standard InChI is InChI=1S/C21H17N3O/c1-24(14-16-12-13-22-19-9-5-3-7-17(16)19)21(25)20-11-10-15-6-2-4-8-18(15)23-20/h2-13H,14H2,1H3. The third-order valence-electron chi connectivity index (χ3n) is 4.31. The van der Waals surface area contributed by atoms with Crippen LogP contribution >= 0.6 is 0 Å². The number of hydrogen-bond acceptors (Lipinski definition) is 3. The molecule has 0 aliphatic carbocycles. The van der Waals surface area contributed by atoms with Gasteiger partial charge in [0.2, 0.25) is 0 Å². The Labute approximate surface area is 145 Å². The molecular weight excluding hydrogens is 310 g/mol. The Hall–Kier alpha value is -3.27. The Morgan fingerprint density at radius 3 is 2.56 bits per heavy atom. The molecule has 0 N–H and O–H groups in total. The Balaban J connectivity index is 1.63. The van der Waals surface area contributed by atoms with Crippen LogP contribution in [0, 0.1) is 0 Å².